The Kier molecular flexibility index (Phi) is 3.08. The molecule has 1 rings (SSSR count). The molecule has 1 aromatic rings. The molecule has 0 aromatic heterocycles. The van der Waals surface area contributed by atoms with Gasteiger partial charge in [0.1, 0.15) is 6.29 Å². The molecule has 0 aliphatic carbocycles. The average Bonchev–Trinajstić information content (AvgIpc) is 2.15. The number of hydrogen-bond donors (Lipinski definition) is 0. The zero-order chi connectivity index (χ0) is 11.5. The van der Waals surface area contributed by atoms with Gasteiger partial charge in [-0.25, -0.2) is 4.79 Å². The summed E-state index contributed by atoms with van der Waals surface area (Å²) < 4.78 is 38.2. The van der Waals surface area contributed by atoms with Crippen molar-refractivity contribution in [3.63, 3.8) is 0 Å². The van der Waals surface area contributed by atoms with E-state index in [1.165, 1.54) is 12.1 Å². The Morgan fingerprint density at radius 3 is 2.53 bits per heavy atom. The van der Waals surface area contributed by atoms with E-state index in [-0.39, 0.29) is 11.1 Å². The van der Waals surface area contributed by atoms with Crippen LogP contribution in [0.15, 0.2) is 24.3 Å². The second-order valence-corrected chi connectivity index (χ2v) is 2.58. The zero-order valence-electron chi connectivity index (χ0n) is 7.25. The lowest BCUT2D eigenvalue weighted by Gasteiger charge is -2.06. The van der Waals surface area contributed by atoms with E-state index in [2.05, 4.69) is 4.74 Å². The Labute approximate surface area is 82.5 Å². The van der Waals surface area contributed by atoms with Crippen LogP contribution in [-0.2, 0) is 4.74 Å². The molecule has 80 valence electrons. The lowest BCUT2D eigenvalue weighted by Crippen LogP contribution is -2.19. The summed E-state index contributed by atoms with van der Waals surface area (Å²) in [6.07, 6.45) is -4.60. The second kappa shape index (κ2) is 4.12. The van der Waals surface area contributed by atoms with E-state index in [9.17, 15) is 22.8 Å². The number of esters is 1. The Bertz CT molecular complexity index is 384. The highest BCUT2D eigenvalue weighted by molar-refractivity contribution is 5.91. The quantitative estimate of drug-likeness (QED) is 0.564. The summed E-state index contributed by atoms with van der Waals surface area (Å²) in [5.41, 5.74) is -0.219. The van der Waals surface area contributed by atoms with Crippen molar-refractivity contribution in [2.45, 2.75) is 6.36 Å². The van der Waals surface area contributed by atoms with Gasteiger partial charge in [0.05, 0.1) is 5.56 Å². The van der Waals surface area contributed by atoms with Crippen molar-refractivity contribution in [3.8, 4) is 0 Å². The number of carbonyl (C=O) groups excluding carboxylic acids is 2. The van der Waals surface area contributed by atoms with E-state index >= 15 is 0 Å². The number of alkyl halides is 3. The summed E-state index contributed by atoms with van der Waals surface area (Å²) >= 11 is 0. The molecule has 0 saturated heterocycles. The van der Waals surface area contributed by atoms with Gasteiger partial charge in [0.25, 0.3) is 0 Å². The van der Waals surface area contributed by atoms with Gasteiger partial charge in [0.15, 0.2) is 0 Å². The molecular formula is C9H5F3O3. The van der Waals surface area contributed by atoms with Crippen molar-refractivity contribution in [3.05, 3.63) is 35.4 Å². The molecule has 0 saturated carbocycles. The first-order chi connectivity index (χ1) is 6.92. The van der Waals surface area contributed by atoms with Gasteiger partial charge in [0, 0.05) is 5.56 Å². The van der Waals surface area contributed by atoms with Crippen LogP contribution in [-0.4, -0.2) is 18.6 Å². The largest absolute Gasteiger partial charge is 0.575 e. The number of halogens is 3. The van der Waals surface area contributed by atoms with Crippen molar-refractivity contribution in [2.75, 3.05) is 0 Å². The maximum atomic E-state index is 11.7. The van der Waals surface area contributed by atoms with Crippen LogP contribution < -0.4 is 0 Å². The number of benzene rings is 1. The third-order valence-corrected chi connectivity index (χ3v) is 1.47. The number of ether oxygens (including phenoxy) is 1. The first-order valence-corrected chi connectivity index (χ1v) is 3.78. The van der Waals surface area contributed by atoms with E-state index in [1.807, 2.05) is 0 Å². The van der Waals surface area contributed by atoms with Crippen LogP contribution in [0.2, 0.25) is 0 Å². The third-order valence-electron chi connectivity index (χ3n) is 1.47. The van der Waals surface area contributed by atoms with Gasteiger partial charge in [-0.2, -0.15) is 0 Å². The minimum atomic E-state index is -5.02. The molecule has 0 heterocycles. The van der Waals surface area contributed by atoms with Gasteiger partial charge in [-0.3, -0.25) is 4.79 Å². The van der Waals surface area contributed by atoms with Crippen LogP contribution in [0.25, 0.3) is 0 Å². The molecule has 15 heavy (non-hydrogen) atoms. The van der Waals surface area contributed by atoms with Crippen LogP contribution in [0.4, 0.5) is 13.2 Å². The molecule has 3 nitrogen and oxygen atoms in total. The first kappa shape index (κ1) is 11.2. The van der Waals surface area contributed by atoms with Crippen LogP contribution in [0.1, 0.15) is 20.7 Å². The molecule has 0 atom stereocenters. The predicted molar refractivity (Wildman–Crippen MR) is 43.3 cm³/mol. The summed E-state index contributed by atoms with van der Waals surface area (Å²) in [6, 6.07) is 4.79. The van der Waals surface area contributed by atoms with E-state index in [0.29, 0.717) is 6.29 Å². The van der Waals surface area contributed by atoms with Crippen molar-refractivity contribution in [1.82, 2.24) is 0 Å². The molecule has 0 N–H and O–H groups in total. The highest BCUT2D eigenvalue weighted by atomic mass is 19.4. The molecule has 0 bridgehead atoms. The van der Waals surface area contributed by atoms with E-state index < -0.39 is 12.3 Å². The maximum Gasteiger partial charge on any atom is 0.575 e. The zero-order valence-corrected chi connectivity index (χ0v) is 7.25. The van der Waals surface area contributed by atoms with Crippen LogP contribution in [0.5, 0.6) is 0 Å². The summed E-state index contributed by atoms with van der Waals surface area (Å²) in [6.45, 7) is 0. The summed E-state index contributed by atoms with van der Waals surface area (Å²) in [5.74, 6) is -1.54. The van der Waals surface area contributed by atoms with Gasteiger partial charge >= 0.3 is 12.3 Å². The van der Waals surface area contributed by atoms with E-state index in [4.69, 9.17) is 0 Å². The second-order valence-electron chi connectivity index (χ2n) is 2.58. The molecule has 1 aromatic carbocycles. The van der Waals surface area contributed by atoms with Gasteiger partial charge in [-0.1, -0.05) is 12.1 Å². The van der Waals surface area contributed by atoms with E-state index in [1.54, 1.807) is 0 Å². The van der Waals surface area contributed by atoms with Gasteiger partial charge < -0.3 is 4.74 Å². The van der Waals surface area contributed by atoms with Crippen molar-refractivity contribution < 1.29 is 27.5 Å². The van der Waals surface area contributed by atoms with E-state index in [0.717, 1.165) is 12.1 Å². The minimum Gasteiger partial charge on any atom is -0.369 e. The topological polar surface area (TPSA) is 43.4 Å². The monoisotopic (exact) mass is 218 g/mol. The maximum absolute atomic E-state index is 11.7. The molecule has 0 radical (unpaired) electrons. The smallest absolute Gasteiger partial charge is 0.369 e. The molecule has 0 spiro atoms. The van der Waals surface area contributed by atoms with Crippen molar-refractivity contribution in [1.29, 1.82) is 0 Å². The average molecular weight is 218 g/mol. The fourth-order valence-corrected chi connectivity index (χ4v) is 0.903. The molecule has 0 unspecified atom stereocenters. The van der Waals surface area contributed by atoms with Crippen molar-refractivity contribution >= 4 is 12.3 Å². The summed E-state index contributed by atoms with van der Waals surface area (Å²) in [5, 5.41) is 0. The first-order valence-electron chi connectivity index (χ1n) is 3.78. The Morgan fingerprint density at radius 2 is 2.00 bits per heavy atom. The Morgan fingerprint density at radius 1 is 1.33 bits per heavy atom. The standard InChI is InChI=1S/C9H5F3O3/c10-9(11,12)15-8(14)7-3-1-2-6(4-7)5-13/h1-5H. The molecular weight excluding hydrogens is 213 g/mol. The number of hydrogen-bond acceptors (Lipinski definition) is 3. The van der Waals surface area contributed by atoms with Crippen molar-refractivity contribution in [2.24, 2.45) is 0 Å². The minimum absolute atomic E-state index is 0.103. The van der Waals surface area contributed by atoms with Crippen LogP contribution >= 0.6 is 0 Å². The fraction of sp³-hybridized carbons (Fsp3) is 0.111. The van der Waals surface area contributed by atoms with Gasteiger partial charge in [-0.05, 0) is 12.1 Å². The summed E-state index contributed by atoms with van der Waals surface area (Å²) in [4.78, 5) is 21.2. The molecule has 6 heteroatoms. The molecule has 0 fully saturated rings. The highest BCUT2D eigenvalue weighted by Crippen LogP contribution is 2.18. The molecule has 0 amide bonds. The number of aldehydes is 1. The lowest BCUT2D eigenvalue weighted by molar-refractivity contribution is -0.291. The summed E-state index contributed by atoms with van der Waals surface area (Å²) in [7, 11) is 0. The van der Waals surface area contributed by atoms with Gasteiger partial charge in [-0.15, -0.1) is 13.2 Å². The predicted octanol–water partition coefficient (Wildman–Crippen LogP) is 2.18. The van der Waals surface area contributed by atoms with Gasteiger partial charge in [0.2, 0.25) is 0 Å². The SMILES string of the molecule is O=Cc1cccc(C(=O)OC(F)(F)F)c1. The Balaban J connectivity index is 2.87. The van der Waals surface area contributed by atoms with Crippen LogP contribution in [0, 0.1) is 0 Å². The lowest BCUT2D eigenvalue weighted by atomic mass is 10.1. The third kappa shape index (κ3) is 3.41. The number of rotatable bonds is 2. The number of carbonyl (C=O) groups is 2. The fourth-order valence-electron chi connectivity index (χ4n) is 0.903. The highest BCUT2D eigenvalue weighted by Gasteiger charge is 2.34. The van der Waals surface area contributed by atoms with Crippen LogP contribution in [0.3, 0.4) is 0 Å². The Hall–Kier alpha value is -1.85. The molecule has 0 aliphatic rings. The normalized spacial score (nSPS) is 10.9. The molecule has 0 aliphatic heterocycles.